The summed E-state index contributed by atoms with van der Waals surface area (Å²) in [5.41, 5.74) is 6.81. The number of rotatable bonds is 5. The Kier molecular flexibility index (Phi) is 6.57. The van der Waals surface area contributed by atoms with Gasteiger partial charge in [0.15, 0.2) is 5.76 Å². The standard InChI is InChI=1S/C22H21Cl2N3O3/c23-18-6-5-15(19(24)13-18)12-16-3-4-17(21(16)27-7-10-29-11-8-27)14-25-26-22(28)20-2-1-9-30-20/h1-2,5-6,9,12-14H,3-4,7-8,10-11H2,(H,26,28)/b16-12-,25-14?. The number of ether oxygens (including phenoxy) is 1. The maximum atomic E-state index is 12.0. The van der Waals surface area contributed by atoms with E-state index in [1.54, 1.807) is 24.4 Å². The second-order valence-corrected chi connectivity index (χ2v) is 7.83. The van der Waals surface area contributed by atoms with Crippen molar-refractivity contribution in [2.45, 2.75) is 12.8 Å². The SMILES string of the molecule is O=C(NN=CC1=C(N2CCOCC2)/C(=C\c2ccc(Cl)cc2Cl)CC1)c1ccco1. The van der Waals surface area contributed by atoms with Gasteiger partial charge in [0.1, 0.15) is 0 Å². The Morgan fingerprint density at radius 1 is 1.17 bits per heavy atom. The summed E-state index contributed by atoms with van der Waals surface area (Å²) < 4.78 is 10.6. The van der Waals surface area contributed by atoms with Crippen molar-refractivity contribution in [1.29, 1.82) is 0 Å². The van der Waals surface area contributed by atoms with Crippen molar-refractivity contribution >= 4 is 41.4 Å². The van der Waals surface area contributed by atoms with Gasteiger partial charge >= 0.3 is 5.91 Å². The van der Waals surface area contributed by atoms with Gasteiger partial charge in [0.2, 0.25) is 0 Å². The highest BCUT2D eigenvalue weighted by atomic mass is 35.5. The molecule has 1 aliphatic heterocycles. The largest absolute Gasteiger partial charge is 0.459 e. The summed E-state index contributed by atoms with van der Waals surface area (Å²) in [6.07, 6.45) is 6.96. The summed E-state index contributed by atoms with van der Waals surface area (Å²) in [5.74, 6) is -0.162. The third-order valence-corrected chi connectivity index (χ3v) is 5.59. The first-order chi connectivity index (χ1) is 14.6. The van der Waals surface area contributed by atoms with Crippen LogP contribution < -0.4 is 5.43 Å². The minimum atomic E-state index is -0.383. The van der Waals surface area contributed by atoms with Crippen molar-refractivity contribution in [2.24, 2.45) is 5.10 Å². The Balaban J connectivity index is 1.60. The molecule has 1 saturated heterocycles. The van der Waals surface area contributed by atoms with Gasteiger partial charge in [-0.05, 0) is 59.9 Å². The predicted octanol–water partition coefficient (Wildman–Crippen LogP) is 4.77. The van der Waals surface area contributed by atoms with Crippen molar-refractivity contribution in [2.75, 3.05) is 26.3 Å². The van der Waals surface area contributed by atoms with Crippen LogP contribution in [0.5, 0.6) is 0 Å². The fourth-order valence-corrected chi connectivity index (χ4v) is 4.07. The molecule has 1 N–H and O–H groups in total. The molecule has 1 fully saturated rings. The van der Waals surface area contributed by atoms with Gasteiger partial charge in [-0.1, -0.05) is 29.3 Å². The van der Waals surface area contributed by atoms with Gasteiger partial charge in [-0.3, -0.25) is 4.79 Å². The smallest absolute Gasteiger partial charge is 0.307 e. The highest BCUT2D eigenvalue weighted by Crippen LogP contribution is 2.36. The van der Waals surface area contributed by atoms with Crippen LogP contribution in [-0.2, 0) is 4.74 Å². The summed E-state index contributed by atoms with van der Waals surface area (Å²) in [7, 11) is 0. The van der Waals surface area contributed by atoms with E-state index < -0.39 is 0 Å². The number of furan rings is 1. The molecule has 0 saturated carbocycles. The lowest BCUT2D eigenvalue weighted by molar-refractivity contribution is 0.0548. The molecule has 1 amide bonds. The minimum Gasteiger partial charge on any atom is -0.459 e. The maximum absolute atomic E-state index is 12.0. The van der Waals surface area contributed by atoms with Crippen molar-refractivity contribution in [3.63, 3.8) is 0 Å². The van der Waals surface area contributed by atoms with Crippen LogP contribution in [0.3, 0.4) is 0 Å². The number of halogens is 2. The van der Waals surface area contributed by atoms with E-state index in [9.17, 15) is 4.79 Å². The lowest BCUT2D eigenvalue weighted by Gasteiger charge is -2.31. The van der Waals surface area contributed by atoms with Crippen molar-refractivity contribution < 1.29 is 13.9 Å². The number of allylic oxidation sites excluding steroid dienone is 2. The molecule has 30 heavy (non-hydrogen) atoms. The molecule has 156 valence electrons. The second kappa shape index (κ2) is 9.51. The van der Waals surface area contributed by atoms with Gasteiger partial charge in [0, 0.05) is 28.8 Å². The predicted molar refractivity (Wildman–Crippen MR) is 118 cm³/mol. The highest BCUT2D eigenvalue weighted by Gasteiger charge is 2.25. The first-order valence-corrected chi connectivity index (χ1v) is 10.5. The number of nitrogens with one attached hydrogen (secondary N) is 1. The van der Waals surface area contributed by atoms with Crippen molar-refractivity contribution in [1.82, 2.24) is 10.3 Å². The van der Waals surface area contributed by atoms with Gasteiger partial charge in [-0.2, -0.15) is 5.10 Å². The zero-order chi connectivity index (χ0) is 20.9. The van der Waals surface area contributed by atoms with Crippen LogP contribution in [0, 0.1) is 0 Å². The molecule has 1 aliphatic carbocycles. The van der Waals surface area contributed by atoms with E-state index in [4.69, 9.17) is 32.4 Å². The van der Waals surface area contributed by atoms with E-state index in [2.05, 4.69) is 21.5 Å². The fourth-order valence-electron chi connectivity index (χ4n) is 3.61. The number of amides is 1. The quantitative estimate of drug-likeness (QED) is 0.531. The molecule has 0 spiro atoms. The third-order valence-electron chi connectivity index (χ3n) is 5.02. The van der Waals surface area contributed by atoms with Crippen LogP contribution in [0.25, 0.3) is 6.08 Å². The summed E-state index contributed by atoms with van der Waals surface area (Å²) >= 11 is 12.4. The number of hydrogen-bond donors (Lipinski definition) is 1. The number of benzene rings is 1. The van der Waals surface area contributed by atoms with Crippen molar-refractivity contribution in [3.05, 3.63) is 74.8 Å². The highest BCUT2D eigenvalue weighted by molar-refractivity contribution is 6.35. The molecule has 8 heteroatoms. The van der Waals surface area contributed by atoms with Crippen LogP contribution >= 0.6 is 23.2 Å². The van der Waals surface area contributed by atoms with Gasteiger partial charge in [0.25, 0.3) is 0 Å². The monoisotopic (exact) mass is 445 g/mol. The van der Waals surface area contributed by atoms with Gasteiger partial charge in [-0.15, -0.1) is 0 Å². The molecular formula is C22H21Cl2N3O3. The minimum absolute atomic E-state index is 0.221. The van der Waals surface area contributed by atoms with Crippen LogP contribution in [-0.4, -0.2) is 43.3 Å². The van der Waals surface area contributed by atoms with E-state index in [1.807, 2.05) is 12.1 Å². The lowest BCUT2D eigenvalue weighted by atomic mass is 10.1. The summed E-state index contributed by atoms with van der Waals surface area (Å²) in [5, 5.41) is 5.38. The van der Waals surface area contributed by atoms with Crippen molar-refractivity contribution in [3.8, 4) is 0 Å². The average molecular weight is 446 g/mol. The second-order valence-electron chi connectivity index (χ2n) is 6.99. The summed E-state index contributed by atoms with van der Waals surface area (Å²) in [4.78, 5) is 14.3. The number of carbonyl (C=O) groups excluding carboxylic acids is 1. The fraction of sp³-hybridized carbons (Fsp3) is 0.273. The molecule has 0 bridgehead atoms. The first kappa shape index (κ1) is 20.7. The molecule has 6 nitrogen and oxygen atoms in total. The Morgan fingerprint density at radius 3 is 2.73 bits per heavy atom. The normalized spacial score (nSPS) is 18.6. The summed E-state index contributed by atoms with van der Waals surface area (Å²) in [6.45, 7) is 2.96. The topological polar surface area (TPSA) is 67.1 Å². The summed E-state index contributed by atoms with van der Waals surface area (Å²) in [6, 6.07) is 8.75. The van der Waals surface area contributed by atoms with E-state index in [0.29, 0.717) is 23.3 Å². The molecule has 1 aromatic carbocycles. The first-order valence-electron chi connectivity index (χ1n) is 9.70. The van der Waals surface area contributed by atoms with Gasteiger partial charge in [0.05, 0.1) is 25.7 Å². The molecule has 2 aliphatic rings. The number of carbonyl (C=O) groups is 1. The van der Waals surface area contributed by atoms with Crippen LogP contribution in [0.4, 0.5) is 0 Å². The molecule has 4 rings (SSSR count). The molecule has 1 aromatic heterocycles. The number of nitrogens with zero attached hydrogens (tertiary/aromatic N) is 2. The lowest BCUT2D eigenvalue weighted by Crippen LogP contribution is -2.36. The van der Waals surface area contributed by atoms with Crippen LogP contribution in [0.1, 0.15) is 29.0 Å². The van der Waals surface area contributed by atoms with Crippen LogP contribution in [0.15, 0.2) is 63.0 Å². The molecular weight excluding hydrogens is 425 g/mol. The molecule has 0 unspecified atom stereocenters. The van der Waals surface area contributed by atoms with Gasteiger partial charge < -0.3 is 14.1 Å². The van der Waals surface area contributed by atoms with E-state index in [1.165, 1.54) is 11.8 Å². The Bertz CT molecular complexity index is 1010. The third kappa shape index (κ3) is 4.78. The van der Waals surface area contributed by atoms with E-state index >= 15 is 0 Å². The molecule has 2 aromatic rings. The van der Waals surface area contributed by atoms with E-state index in [0.717, 1.165) is 42.8 Å². The maximum Gasteiger partial charge on any atom is 0.307 e. The van der Waals surface area contributed by atoms with Crippen LogP contribution in [0.2, 0.25) is 10.0 Å². The number of morpholine rings is 1. The number of hydrogen-bond acceptors (Lipinski definition) is 5. The average Bonchev–Trinajstić information content (AvgIpc) is 3.41. The molecule has 2 heterocycles. The Hall–Kier alpha value is -2.54. The van der Waals surface area contributed by atoms with E-state index in [-0.39, 0.29) is 11.7 Å². The molecule has 0 radical (unpaired) electrons. The van der Waals surface area contributed by atoms with Gasteiger partial charge in [-0.25, -0.2) is 5.43 Å². The zero-order valence-electron chi connectivity index (χ0n) is 16.2. The zero-order valence-corrected chi connectivity index (χ0v) is 17.7. The number of hydrazone groups is 1. The molecule has 0 atom stereocenters. The Morgan fingerprint density at radius 2 is 2.00 bits per heavy atom. The Labute approximate surface area is 184 Å².